The summed E-state index contributed by atoms with van der Waals surface area (Å²) in [6.07, 6.45) is 0. The third-order valence-electron chi connectivity index (χ3n) is 3.63. The Bertz CT molecular complexity index is 820. The van der Waals surface area contributed by atoms with E-state index in [1.165, 1.54) is 5.56 Å². The number of hydrogen-bond acceptors (Lipinski definition) is 4. The fourth-order valence-corrected chi connectivity index (χ4v) is 2.65. The van der Waals surface area contributed by atoms with E-state index in [1.54, 1.807) is 0 Å². The van der Waals surface area contributed by atoms with Crippen LogP contribution in [0.15, 0.2) is 57.5 Å². The summed E-state index contributed by atoms with van der Waals surface area (Å²) in [5.41, 5.74) is 2.29. The molecule has 0 saturated carbocycles. The van der Waals surface area contributed by atoms with Gasteiger partial charge in [0.05, 0.1) is 0 Å². The lowest BCUT2D eigenvalue weighted by atomic mass is 9.87. The molecule has 5 heteroatoms. The summed E-state index contributed by atoms with van der Waals surface area (Å²) >= 11 is 3.44. The summed E-state index contributed by atoms with van der Waals surface area (Å²) in [7, 11) is 0. The molecule has 1 aromatic heterocycles. The number of halogens is 1. The van der Waals surface area contributed by atoms with Crippen molar-refractivity contribution in [3.05, 3.63) is 64.5 Å². The molecule has 3 rings (SSSR count). The molecule has 2 aromatic carbocycles. The van der Waals surface area contributed by atoms with Gasteiger partial charge in [-0.15, -0.1) is 0 Å². The zero-order valence-electron chi connectivity index (χ0n) is 13.9. The van der Waals surface area contributed by atoms with E-state index in [9.17, 15) is 0 Å². The lowest BCUT2D eigenvalue weighted by molar-refractivity contribution is 0.243. The molecule has 24 heavy (non-hydrogen) atoms. The van der Waals surface area contributed by atoms with E-state index in [0.717, 1.165) is 15.8 Å². The van der Waals surface area contributed by atoms with Gasteiger partial charge in [-0.05, 0) is 35.2 Å². The quantitative estimate of drug-likeness (QED) is 0.604. The molecule has 0 atom stereocenters. The highest BCUT2D eigenvalue weighted by Crippen LogP contribution is 2.25. The van der Waals surface area contributed by atoms with E-state index in [4.69, 9.17) is 9.26 Å². The predicted octanol–water partition coefficient (Wildman–Crippen LogP) is 5.38. The summed E-state index contributed by atoms with van der Waals surface area (Å²) in [6, 6.07) is 15.9. The predicted molar refractivity (Wildman–Crippen MR) is 96.9 cm³/mol. The fourth-order valence-electron chi connectivity index (χ4n) is 2.25. The Kier molecular flexibility index (Phi) is 4.71. The van der Waals surface area contributed by atoms with Crippen LogP contribution in [-0.4, -0.2) is 10.1 Å². The van der Waals surface area contributed by atoms with Crippen LogP contribution in [0.5, 0.6) is 5.75 Å². The van der Waals surface area contributed by atoms with Crippen molar-refractivity contribution in [3.63, 3.8) is 0 Å². The van der Waals surface area contributed by atoms with Gasteiger partial charge >= 0.3 is 0 Å². The average molecular weight is 387 g/mol. The van der Waals surface area contributed by atoms with Crippen LogP contribution < -0.4 is 4.74 Å². The molecule has 0 bridgehead atoms. The topological polar surface area (TPSA) is 48.2 Å². The van der Waals surface area contributed by atoms with Crippen LogP contribution in [0.25, 0.3) is 11.4 Å². The number of aromatic nitrogens is 2. The molecule has 0 radical (unpaired) electrons. The Balaban J connectivity index is 1.65. The third kappa shape index (κ3) is 4.03. The second-order valence-electron chi connectivity index (χ2n) is 6.59. The van der Waals surface area contributed by atoms with Gasteiger partial charge < -0.3 is 9.26 Å². The van der Waals surface area contributed by atoms with E-state index < -0.39 is 0 Å². The highest BCUT2D eigenvalue weighted by molar-refractivity contribution is 9.10. The fraction of sp³-hybridized carbons (Fsp3) is 0.263. The third-order valence-corrected chi connectivity index (χ3v) is 4.13. The maximum absolute atomic E-state index is 5.73. The van der Waals surface area contributed by atoms with Crippen molar-refractivity contribution in [1.29, 1.82) is 0 Å². The number of nitrogens with zero attached hydrogens (tertiary/aromatic N) is 2. The Labute approximate surface area is 150 Å². The number of hydrogen-bond donors (Lipinski definition) is 0. The van der Waals surface area contributed by atoms with Crippen molar-refractivity contribution < 1.29 is 9.26 Å². The van der Waals surface area contributed by atoms with E-state index >= 15 is 0 Å². The maximum Gasteiger partial charge on any atom is 0.264 e. The Morgan fingerprint density at radius 3 is 2.50 bits per heavy atom. The van der Waals surface area contributed by atoms with Crippen LogP contribution in [-0.2, 0) is 12.0 Å². The highest BCUT2D eigenvalue weighted by atomic mass is 79.9. The maximum atomic E-state index is 5.73. The van der Waals surface area contributed by atoms with Gasteiger partial charge in [0, 0.05) is 10.0 Å². The molecule has 0 spiro atoms. The number of benzene rings is 2. The van der Waals surface area contributed by atoms with Gasteiger partial charge in [-0.1, -0.05) is 66.1 Å². The molecule has 0 unspecified atom stereocenters. The minimum absolute atomic E-state index is 0.129. The first-order valence-corrected chi connectivity index (χ1v) is 8.53. The summed E-state index contributed by atoms with van der Waals surface area (Å²) < 4.78 is 12.0. The molecular formula is C19H19BrN2O2. The average Bonchev–Trinajstić information content (AvgIpc) is 3.01. The zero-order chi connectivity index (χ0) is 17.2. The Morgan fingerprint density at radius 2 is 1.83 bits per heavy atom. The largest absolute Gasteiger partial charge is 0.484 e. The minimum atomic E-state index is 0.129. The van der Waals surface area contributed by atoms with Gasteiger partial charge in [0.1, 0.15) is 5.75 Å². The molecule has 0 aliphatic carbocycles. The van der Waals surface area contributed by atoms with Gasteiger partial charge in [0.15, 0.2) is 6.61 Å². The summed E-state index contributed by atoms with van der Waals surface area (Å²) in [5.74, 6) is 1.79. The SMILES string of the molecule is CC(C)(C)c1ccc(OCc2nc(-c3cccc(Br)c3)no2)cc1. The van der Waals surface area contributed by atoms with Crippen molar-refractivity contribution in [2.75, 3.05) is 0 Å². The first kappa shape index (κ1) is 16.7. The van der Waals surface area contributed by atoms with Gasteiger partial charge in [-0.2, -0.15) is 4.98 Å². The van der Waals surface area contributed by atoms with Crippen LogP contribution in [0.3, 0.4) is 0 Å². The van der Waals surface area contributed by atoms with E-state index in [-0.39, 0.29) is 12.0 Å². The Morgan fingerprint density at radius 1 is 1.08 bits per heavy atom. The summed E-state index contributed by atoms with van der Waals surface area (Å²) in [4.78, 5) is 4.37. The van der Waals surface area contributed by atoms with Crippen molar-refractivity contribution in [1.82, 2.24) is 10.1 Å². The lowest BCUT2D eigenvalue weighted by Gasteiger charge is -2.19. The molecule has 0 N–H and O–H groups in total. The van der Waals surface area contributed by atoms with Gasteiger partial charge in [0.2, 0.25) is 5.82 Å². The van der Waals surface area contributed by atoms with Crippen molar-refractivity contribution in [2.24, 2.45) is 0 Å². The highest BCUT2D eigenvalue weighted by Gasteiger charge is 2.13. The van der Waals surface area contributed by atoms with Gasteiger partial charge in [-0.25, -0.2) is 0 Å². The molecule has 3 aromatic rings. The van der Waals surface area contributed by atoms with E-state index in [0.29, 0.717) is 11.7 Å². The van der Waals surface area contributed by atoms with Crippen molar-refractivity contribution in [2.45, 2.75) is 32.8 Å². The van der Waals surface area contributed by atoms with Gasteiger partial charge in [-0.3, -0.25) is 0 Å². The van der Waals surface area contributed by atoms with Crippen LogP contribution in [0, 0.1) is 0 Å². The second kappa shape index (κ2) is 6.77. The molecule has 4 nitrogen and oxygen atoms in total. The Hall–Kier alpha value is -2.14. The van der Waals surface area contributed by atoms with E-state index in [2.05, 4.69) is 59.0 Å². The molecule has 0 amide bonds. The smallest absolute Gasteiger partial charge is 0.264 e. The van der Waals surface area contributed by atoms with Crippen LogP contribution in [0.4, 0.5) is 0 Å². The number of ether oxygens (including phenoxy) is 1. The normalized spacial score (nSPS) is 11.5. The van der Waals surface area contributed by atoms with Gasteiger partial charge in [0.25, 0.3) is 5.89 Å². The molecule has 0 fully saturated rings. The molecule has 1 heterocycles. The lowest BCUT2D eigenvalue weighted by Crippen LogP contribution is -2.10. The minimum Gasteiger partial charge on any atom is -0.484 e. The van der Waals surface area contributed by atoms with E-state index in [1.807, 2.05) is 36.4 Å². The second-order valence-corrected chi connectivity index (χ2v) is 7.50. The zero-order valence-corrected chi connectivity index (χ0v) is 15.5. The molecule has 124 valence electrons. The molecule has 0 aliphatic heterocycles. The van der Waals surface area contributed by atoms with Crippen molar-refractivity contribution >= 4 is 15.9 Å². The summed E-state index contributed by atoms with van der Waals surface area (Å²) in [6.45, 7) is 6.80. The first-order valence-electron chi connectivity index (χ1n) is 7.74. The monoisotopic (exact) mass is 386 g/mol. The van der Waals surface area contributed by atoms with Crippen LogP contribution >= 0.6 is 15.9 Å². The van der Waals surface area contributed by atoms with Crippen LogP contribution in [0.2, 0.25) is 0 Å². The standard InChI is InChI=1S/C19H19BrN2O2/c1-19(2,3)14-7-9-16(10-8-14)23-12-17-21-18(22-24-17)13-5-4-6-15(20)11-13/h4-11H,12H2,1-3H3. The van der Waals surface area contributed by atoms with Crippen molar-refractivity contribution in [3.8, 4) is 17.1 Å². The molecule has 0 aliphatic rings. The number of rotatable bonds is 4. The molecular weight excluding hydrogens is 368 g/mol. The van der Waals surface area contributed by atoms with Crippen LogP contribution in [0.1, 0.15) is 32.2 Å². The first-order chi connectivity index (χ1) is 11.4. The molecule has 0 saturated heterocycles. The summed E-state index contributed by atoms with van der Waals surface area (Å²) in [5, 5.41) is 4.00.